The lowest BCUT2D eigenvalue weighted by Gasteiger charge is -2.16. The molecule has 9 heteroatoms. The number of benzene rings is 1. The Balaban J connectivity index is 1.94. The highest BCUT2D eigenvalue weighted by atomic mass is 35.5. The lowest BCUT2D eigenvalue weighted by molar-refractivity contribution is -0.153. The minimum Gasteiger partial charge on any atom is -0.495 e. The van der Waals surface area contributed by atoms with E-state index in [9.17, 15) is 9.59 Å². The number of methoxy groups -OCH3 is 1. The maximum Gasteiger partial charge on any atom is 0.306 e. The number of carbonyl (C=O) groups excluding carboxylic acids is 2. The Labute approximate surface area is 179 Å². The summed E-state index contributed by atoms with van der Waals surface area (Å²) >= 11 is 7.43. The lowest BCUT2D eigenvalue weighted by atomic mass is 10.1. The average Bonchev–Trinajstić information content (AvgIpc) is 2.67. The summed E-state index contributed by atoms with van der Waals surface area (Å²) in [7, 11) is 1.49. The molecule has 7 nitrogen and oxygen atoms in total. The molecule has 2 rings (SSSR count). The summed E-state index contributed by atoms with van der Waals surface area (Å²) < 4.78 is 10.5. The Bertz CT molecular complexity index is 884. The number of esters is 1. The maximum atomic E-state index is 12.4. The third kappa shape index (κ3) is 6.33. The first kappa shape index (κ1) is 23.0. The van der Waals surface area contributed by atoms with E-state index >= 15 is 0 Å². The van der Waals surface area contributed by atoms with Crippen molar-refractivity contribution in [2.24, 2.45) is 0 Å². The highest BCUT2D eigenvalue weighted by Gasteiger charge is 2.20. The first-order valence-corrected chi connectivity index (χ1v) is 10.6. The summed E-state index contributed by atoms with van der Waals surface area (Å²) in [6.07, 6.45) is 1.52. The molecule has 1 aromatic heterocycles. The van der Waals surface area contributed by atoms with Crippen molar-refractivity contribution < 1.29 is 19.1 Å². The Morgan fingerprint density at radius 2 is 1.90 bits per heavy atom. The number of amides is 1. The fourth-order valence-corrected chi connectivity index (χ4v) is 3.34. The molecule has 1 amide bonds. The van der Waals surface area contributed by atoms with Crippen LogP contribution >= 0.6 is 23.4 Å². The smallest absolute Gasteiger partial charge is 0.306 e. The summed E-state index contributed by atoms with van der Waals surface area (Å²) in [5, 5.41) is 3.82. The Morgan fingerprint density at radius 3 is 2.48 bits per heavy atom. The second-order valence-electron chi connectivity index (χ2n) is 6.33. The van der Waals surface area contributed by atoms with Crippen LogP contribution < -0.4 is 10.1 Å². The van der Waals surface area contributed by atoms with Crippen molar-refractivity contribution in [2.75, 3.05) is 18.7 Å². The number of carbonyl (C=O) groups is 2. The van der Waals surface area contributed by atoms with Crippen LogP contribution in [-0.4, -0.2) is 41.3 Å². The van der Waals surface area contributed by atoms with Gasteiger partial charge in [-0.3, -0.25) is 9.59 Å². The second kappa shape index (κ2) is 10.5. The SMILES string of the molecule is COc1ccc(Cl)cc1NC(=O)C(C)OC(=O)CCc1c(C)nc(SC)nc1C. The van der Waals surface area contributed by atoms with Crippen LogP contribution in [0, 0.1) is 13.8 Å². The van der Waals surface area contributed by atoms with Crippen molar-refractivity contribution >= 4 is 40.9 Å². The molecule has 0 saturated carbocycles. The zero-order valence-corrected chi connectivity index (χ0v) is 18.6. The van der Waals surface area contributed by atoms with Gasteiger partial charge in [0.05, 0.1) is 12.8 Å². The molecule has 1 unspecified atom stereocenters. The fourth-order valence-electron chi connectivity index (χ4n) is 2.71. The van der Waals surface area contributed by atoms with E-state index in [1.54, 1.807) is 18.2 Å². The number of anilines is 1. The van der Waals surface area contributed by atoms with Gasteiger partial charge in [0.25, 0.3) is 5.91 Å². The highest BCUT2D eigenvalue weighted by molar-refractivity contribution is 7.98. The molecule has 0 spiro atoms. The second-order valence-corrected chi connectivity index (χ2v) is 7.54. The topological polar surface area (TPSA) is 90.4 Å². The molecule has 1 aromatic carbocycles. The maximum absolute atomic E-state index is 12.4. The number of aryl methyl sites for hydroxylation is 2. The average molecular weight is 438 g/mol. The van der Waals surface area contributed by atoms with E-state index in [-0.39, 0.29) is 6.42 Å². The number of ether oxygens (including phenoxy) is 2. The molecular weight excluding hydrogens is 414 g/mol. The molecule has 0 bridgehead atoms. The Morgan fingerprint density at radius 1 is 1.24 bits per heavy atom. The molecule has 0 fully saturated rings. The van der Waals surface area contributed by atoms with Crippen molar-refractivity contribution in [3.8, 4) is 5.75 Å². The van der Waals surface area contributed by atoms with Gasteiger partial charge in [0.2, 0.25) is 0 Å². The Hall–Kier alpha value is -2.32. The molecule has 1 heterocycles. The number of halogens is 1. The number of thioether (sulfide) groups is 1. The van der Waals surface area contributed by atoms with E-state index in [2.05, 4.69) is 15.3 Å². The molecule has 2 aromatic rings. The van der Waals surface area contributed by atoms with Gasteiger partial charge in [-0.1, -0.05) is 23.4 Å². The third-order valence-electron chi connectivity index (χ3n) is 4.26. The number of nitrogens with zero attached hydrogens (tertiary/aromatic N) is 2. The molecule has 29 heavy (non-hydrogen) atoms. The standard InChI is InChI=1S/C20H24ClN3O4S/c1-11-15(12(2)23-20(22-11)29-5)7-9-18(25)28-13(3)19(26)24-16-10-14(21)6-8-17(16)27-4/h6,8,10,13H,7,9H2,1-5H3,(H,24,26). The van der Waals surface area contributed by atoms with Gasteiger partial charge in [0.15, 0.2) is 11.3 Å². The quantitative estimate of drug-likeness (QED) is 0.379. The summed E-state index contributed by atoms with van der Waals surface area (Å²) in [4.78, 5) is 33.4. The lowest BCUT2D eigenvalue weighted by Crippen LogP contribution is -2.30. The number of hydrogen-bond acceptors (Lipinski definition) is 7. The molecule has 1 N–H and O–H groups in total. The predicted molar refractivity (Wildman–Crippen MR) is 114 cm³/mol. The minimum absolute atomic E-state index is 0.127. The first-order valence-electron chi connectivity index (χ1n) is 8.97. The minimum atomic E-state index is -0.969. The van der Waals surface area contributed by atoms with E-state index < -0.39 is 18.0 Å². The monoisotopic (exact) mass is 437 g/mol. The normalized spacial score (nSPS) is 11.7. The molecule has 0 radical (unpaired) electrons. The molecular formula is C20H24ClN3O4S. The van der Waals surface area contributed by atoms with Gasteiger partial charge in [-0.15, -0.1) is 0 Å². The number of aromatic nitrogens is 2. The fraction of sp³-hybridized carbons (Fsp3) is 0.400. The van der Waals surface area contributed by atoms with Crippen LogP contribution in [0.4, 0.5) is 5.69 Å². The number of nitrogens with one attached hydrogen (secondary N) is 1. The van der Waals surface area contributed by atoms with Gasteiger partial charge in [0, 0.05) is 22.8 Å². The third-order valence-corrected chi connectivity index (χ3v) is 5.04. The molecule has 1 atom stereocenters. The summed E-state index contributed by atoms with van der Waals surface area (Å²) in [6.45, 7) is 5.30. The van der Waals surface area contributed by atoms with Gasteiger partial charge in [-0.05, 0) is 57.2 Å². The van der Waals surface area contributed by atoms with Crippen molar-refractivity contribution in [2.45, 2.75) is 44.9 Å². The van der Waals surface area contributed by atoms with Crippen LogP contribution in [0.1, 0.15) is 30.3 Å². The van der Waals surface area contributed by atoms with Gasteiger partial charge in [-0.25, -0.2) is 9.97 Å². The van der Waals surface area contributed by atoms with Crippen molar-refractivity contribution in [3.63, 3.8) is 0 Å². The number of rotatable bonds is 8. The van der Waals surface area contributed by atoms with Crippen LogP contribution in [-0.2, 0) is 20.7 Å². The molecule has 0 aliphatic carbocycles. The summed E-state index contributed by atoms with van der Waals surface area (Å²) in [6, 6.07) is 4.86. The van der Waals surface area contributed by atoms with Crippen LogP contribution in [0.5, 0.6) is 5.75 Å². The van der Waals surface area contributed by atoms with Crippen LogP contribution in [0.25, 0.3) is 0 Å². The first-order chi connectivity index (χ1) is 13.7. The summed E-state index contributed by atoms with van der Waals surface area (Å²) in [5.41, 5.74) is 3.01. The number of hydrogen-bond donors (Lipinski definition) is 1. The molecule has 156 valence electrons. The van der Waals surface area contributed by atoms with Crippen molar-refractivity contribution in [3.05, 3.63) is 40.2 Å². The van der Waals surface area contributed by atoms with E-state index in [0.29, 0.717) is 28.0 Å². The van der Waals surface area contributed by atoms with Crippen molar-refractivity contribution in [1.29, 1.82) is 0 Å². The van der Waals surface area contributed by atoms with Gasteiger partial charge < -0.3 is 14.8 Å². The predicted octanol–water partition coefficient (Wildman–Crippen LogP) is 3.98. The van der Waals surface area contributed by atoms with Gasteiger partial charge in [0.1, 0.15) is 5.75 Å². The van der Waals surface area contributed by atoms with Gasteiger partial charge in [-0.2, -0.15) is 0 Å². The van der Waals surface area contributed by atoms with E-state index in [4.69, 9.17) is 21.1 Å². The Kier molecular flexibility index (Phi) is 8.28. The van der Waals surface area contributed by atoms with Crippen LogP contribution in [0.3, 0.4) is 0 Å². The highest BCUT2D eigenvalue weighted by Crippen LogP contribution is 2.28. The van der Waals surface area contributed by atoms with Crippen molar-refractivity contribution in [1.82, 2.24) is 9.97 Å². The summed E-state index contributed by atoms with van der Waals surface area (Å²) in [5.74, 6) is -0.488. The van der Waals surface area contributed by atoms with E-state index in [1.165, 1.54) is 25.8 Å². The zero-order valence-electron chi connectivity index (χ0n) is 17.0. The molecule has 0 saturated heterocycles. The molecule has 0 aliphatic rings. The molecule has 0 aliphatic heterocycles. The van der Waals surface area contributed by atoms with E-state index in [0.717, 1.165) is 17.0 Å². The van der Waals surface area contributed by atoms with Crippen LogP contribution in [0.2, 0.25) is 5.02 Å². The zero-order chi connectivity index (χ0) is 21.6. The largest absolute Gasteiger partial charge is 0.495 e. The van der Waals surface area contributed by atoms with Crippen LogP contribution in [0.15, 0.2) is 23.4 Å². The van der Waals surface area contributed by atoms with E-state index in [1.807, 2.05) is 20.1 Å². The van der Waals surface area contributed by atoms with Gasteiger partial charge >= 0.3 is 5.97 Å².